The van der Waals surface area contributed by atoms with Gasteiger partial charge in [-0.1, -0.05) is 12.5 Å². The molecule has 1 aromatic rings. The van der Waals surface area contributed by atoms with Gasteiger partial charge in [-0.2, -0.15) is 0 Å². The van der Waals surface area contributed by atoms with Crippen LogP contribution >= 0.6 is 0 Å². The lowest BCUT2D eigenvalue weighted by Crippen LogP contribution is -2.51. The zero-order chi connectivity index (χ0) is 20.9. The van der Waals surface area contributed by atoms with Gasteiger partial charge in [0.15, 0.2) is 0 Å². The van der Waals surface area contributed by atoms with Crippen molar-refractivity contribution < 1.29 is 17.6 Å². The number of amides is 2. The fraction of sp³-hybridized carbons (Fsp3) is 0.650. The Morgan fingerprint density at radius 2 is 2.03 bits per heavy atom. The fourth-order valence-corrected chi connectivity index (χ4v) is 4.73. The average molecular weight is 427 g/mol. The Morgan fingerprint density at radius 3 is 2.76 bits per heavy atom. The van der Waals surface area contributed by atoms with Crippen LogP contribution in [0.4, 0.5) is 14.9 Å². The van der Waals surface area contributed by atoms with Crippen LogP contribution in [0, 0.1) is 18.7 Å². The first-order valence-corrected chi connectivity index (χ1v) is 12.0. The van der Waals surface area contributed by atoms with Gasteiger partial charge in [-0.25, -0.2) is 22.3 Å². The van der Waals surface area contributed by atoms with E-state index in [-0.39, 0.29) is 24.2 Å². The summed E-state index contributed by atoms with van der Waals surface area (Å²) in [4.78, 5) is 14.1. The number of benzene rings is 1. The van der Waals surface area contributed by atoms with Crippen LogP contribution in [0.2, 0.25) is 0 Å². The number of nitrogens with one attached hydrogen (secondary N) is 3. The van der Waals surface area contributed by atoms with Crippen molar-refractivity contribution in [1.29, 1.82) is 0 Å². The summed E-state index contributed by atoms with van der Waals surface area (Å²) in [6.07, 6.45) is 4.97. The number of urea groups is 1. The van der Waals surface area contributed by atoms with E-state index in [0.717, 1.165) is 37.8 Å². The highest BCUT2D eigenvalue weighted by molar-refractivity contribution is 7.89. The minimum absolute atomic E-state index is 0.0504. The Labute approximate surface area is 172 Å². The van der Waals surface area contributed by atoms with E-state index < -0.39 is 16.1 Å². The first-order chi connectivity index (χ1) is 13.8. The zero-order valence-corrected chi connectivity index (χ0v) is 17.7. The number of sulfonamides is 1. The lowest BCUT2D eigenvalue weighted by molar-refractivity contribution is 0.235. The Hall–Kier alpha value is -1.87. The minimum atomic E-state index is -3.38. The van der Waals surface area contributed by atoms with Gasteiger partial charge < -0.3 is 15.5 Å². The Morgan fingerprint density at radius 1 is 1.24 bits per heavy atom. The number of carbonyl (C=O) groups excluding carboxylic acids is 1. The molecule has 1 saturated carbocycles. The smallest absolute Gasteiger partial charge is 0.315 e. The molecule has 1 aliphatic heterocycles. The third-order valence-electron chi connectivity index (χ3n) is 5.67. The van der Waals surface area contributed by atoms with Crippen molar-refractivity contribution >= 4 is 21.7 Å². The molecule has 1 saturated heterocycles. The maximum absolute atomic E-state index is 14.2. The molecule has 3 N–H and O–H groups in total. The summed E-state index contributed by atoms with van der Waals surface area (Å²) in [5.74, 6) is 0.0483. The standard InChI is InChI=1S/C20H31FN4O3S/c1-15-7-8-18(21)19(12-15)25-10-3-6-17(14-25)24-20(26)22-9-11-29(27,28)23-13-16-4-2-5-16/h7-8,12,16-17,23H,2-6,9-11,13-14H2,1H3,(H2,22,24,26). The molecule has 0 radical (unpaired) electrons. The summed E-state index contributed by atoms with van der Waals surface area (Å²) in [5, 5.41) is 5.49. The Kier molecular flexibility index (Phi) is 7.34. The Balaban J connectivity index is 1.41. The third-order valence-corrected chi connectivity index (χ3v) is 7.02. The average Bonchev–Trinajstić information content (AvgIpc) is 2.62. The number of hydrogen-bond acceptors (Lipinski definition) is 4. The van der Waals surface area contributed by atoms with E-state index in [0.29, 0.717) is 24.7 Å². The molecule has 2 fully saturated rings. The number of hydrogen-bond donors (Lipinski definition) is 3. The van der Waals surface area contributed by atoms with E-state index in [2.05, 4.69) is 15.4 Å². The van der Waals surface area contributed by atoms with Crippen molar-refractivity contribution in [3.05, 3.63) is 29.6 Å². The molecule has 2 amide bonds. The summed E-state index contributed by atoms with van der Waals surface area (Å²) in [7, 11) is -3.38. The highest BCUT2D eigenvalue weighted by Crippen LogP contribution is 2.25. The second-order valence-corrected chi connectivity index (χ2v) is 10.0. The largest absolute Gasteiger partial charge is 0.367 e. The number of halogens is 1. The number of aryl methyl sites for hydroxylation is 1. The predicted octanol–water partition coefficient (Wildman–Crippen LogP) is 2.12. The van der Waals surface area contributed by atoms with Crippen LogP contribution < -0.4 is 20.3 Å². The zero-order valence-electron chi connectivity index (χ0n) is 16.9. The molecule has 29 heavy (non-hydrogen) atoms. The van der Waals surface area contributed by atoms with E-state index in [1.165, 1.54) is 12.5 Å². The van der Waals surface area contributed by atoms with Gasteiger partial charge in [0, 0.05) is 32.2 Å². The maximum atomic E-state index is 14.2. The van der Waals surface area contributed by atoms with Gasteiger partial charge >= 0.3 is 6.03 Å². The SMILES string of the molecule is Cc1ccc(F)c(N2CCCC(NC(=O)NCCS(=O)(=O)NCC3CCC3)C2)c1. The lowest BCUT2D eigenvalue weighted by Gasteiger charge is -2.35. The summed E-state index contributed by atoms with van der Waals surface area (Å²) >= 11 is 0. The predicted molar refractivity (Wildman–Crippen MR) is 112 cm³/mol. The van der Waals surface area contributed by atoms with E-state index in [4.69, 9.17) is 0 Å². The van der Waals surface area contributed by atoms with Gasteiger partial charge in [0.05, 0.1) is 11.4 Å². The van der Waals surface area contributed by atoms with Gasteiger partial charge in [-0.15, -0.1) is 0 Å². The van der Waals surface area contributed by atoms with Gasteiger partial charge in [-0.3, -0.25) is 0 Å². The van der Waals surface area contributed by atoms with Crippen LogP contribution in [-0.4, -0.2) is 52.4 Å². The number of nitrogens with zero attached hydrogens (tertiary/aromatic N) is 1. The summed E-state index contributed by atoms with van der Waals surface area (Å²) in [5.41, 5.74) is 1.54. The molecule has 1 aliphatic carbocycles. The first-order valence-electron chi connectivity index (χ1n) is 10.4. The molecule has 0 aromatic heterocycles. The highest BCUT2D eigenvalue weighted by atomic mass is 32.2. The third kappa shape index (κ3) is 6.57. The summed E-state index contributed by atoms with van der Waals surface area (Å²) < 4.78 is 40.7. The van der Waals surface area contributed by atoms with Crippen molar-refractivity contribution in [1.82, 2.24) is 15.4 Å². The summed E-state index contributed by atoms with van der Waals surface area (Å²) in [6.45, 7) is 3.72. The van der Waals surface area contributed by atoms with Crippen LogP contribution in [0.5, 0.6) is 0 Å². The fourth-order valence-electron chi connectivity index (χ4n) is 3.73. The molecule has 9 heteroatoms. The molecule has 2 aliphatic rings. The first kappa shape index (κ1) is 21.8. The van der Waals surface area contributed by atoms with Gasteiger partial charge in [0.2, 0.25) is 10.0 Å². The van der Waals surface area contributed by atoms with Crippen molar-refractivity contribution in [3.63, 3.8) is 0 Å². The highest BCUT2D eigenvalue weighted by Gasteiger charge is 2.24. The maximum Gasteiger partial charge on any atom is 0.315 e. The second-order valence-electron chi connectivity index (χ2n) is 8.10. The molecule has 162 valence electrons. The minimum Gasteiger partial charge on any atom is -0.367 e. The molecule has 0 bridgehead atoms. The van der Waals surface area contributed by atoms with E-state index in [1.807, 2.05) is 17.9 Å². The topological polar surface area (TPSA) is 90.5 Å². The van der Waals surface area contributed by atoms with Crippen LogP contribution in [0.15, 0.2) is 18.2 Å². The summed E-state index contributed by atoms with van der Waals surface area (Å²) in [6, 6.07) is 4.52. The molecule has 3 rings (SSSR count). The molecule has 1 aromatic carbocycles. The van der Waals surface area contributed by atoms with Crippen molar-refractivity contribution in [2.24, 2.45) is 5.92 Å². The van der Waals surface area contributed by atoms with Crippen LogP contribution in [-0.2, 0) is 10.0 Å². The van der Waals surface area contributed by atoms with Crippen LogP contribution in [0.3, 0.4) is 0 Å². The van der Waals surface area contributed by atoms with E-state index >= 15 is 0 Å². The van der Waals surface area contributed by atoms with Crippen LogP contribution in [0.25, 0.3) is 0 Å². The number of anilines is 1. The molecule has 7 nitrogen and oxygen atoms in total. The Bertz CT molecular complexity index is 814. The molecular weight excluding hydrogens is 395 g/mol. The van der Waals surface area contributed by atoms with Crippen LogP contribution in [0.1, 0.15) is 37.7 Å². The quantitative estimate of drug-likeness (QED) is 0.594. The normalized spacial score (nSPS) is 20.2. The number of carbonyl (C=O) groups is 1. The van der Waals surface area contributed by atoms with Crippen molar-refractivity contribution in [3.8, 4) is 0 Å². The monoisotopic (exact) mass is 426 g/mol. The molecule has 1 unspecified atom stereocenters. The molecule has 0 spiro atoms. The van der Waals surface area contributed by atoms with Gasteiger partial charge in [-0.05, 0) is 56.2 Å². The second kappa shape index (κ2) is 9.75. The van der Waals surface area contributed by atoms with Gasteiger partial charge in [0.25, 0.3) is 0 Å². The molecule has 1 heterocycles. The van der Waals surface area contributed by atoms with Gasteiger partial charge in [0.1, 0.15) is 5.82 Å². The molecule has 1 atom stereocenters. The number of piperidine rings is 1. The lowest BCUT2D eigenvalue weighted by atomic mass is 9.86. The van der Waals surface area contributed by atoms with E-state index in [1.54, 1.807) is 6.07 Å². The number of rotatable bonds is 8. The molecular formula is C20H31FN4O3S. The van der Waals surface area contributed by atoms with Crippen molar-refractivity contribution in [2.45, 2.75) is 45.1 Å². The van der Waals surface area contributed by atoms with E-state index in [9.17, 15) is 17.6 Å². The van der Waals surface area contributed by atoms with Crippen molar-refractivity contribution in [2.75, 3.05) is 36.8 Å².